The van der Waals surface area contributed by atoms with Gasteiger partial charge < -0.3 is 4.74 Å². The molecule has 2 atom stereocenters. The molecule has 0 amide bonds. The molecule has 1 fully saturated rings. The lowest BCUT2D eigenvalue weighted by Crippen LogP contribution is -2.48. The Morgan fingerprint density at radius 3 is 2.57 bits per heavy atom. The summed E-state index contributed by atoms with van der Waals surface area (Å²) in [6, 6.07) is 0. The van der Waals surface area contributed by atoms with Crippen LogP contribution in [0.15, 0.2) is 11.3 Å². The third kappa shape index (κ3) is 1.37. The van der Waals surface area contributed by atoms with E-state index < -0.39 is 0 Å². The molecule has 1 nitrogen and oxygen atoms in total. The Labute approximate surface area is 87.5 Å². The zero-order valence-electron chi connectivity index (χ0n) is 9.89. The Hall–Kier alpha value is -0.460. The van der Waals surface area contributed by atoms with Gasteiger partial charge >= 0.3 is 0 Å². The van der Waals surface area contributed by atoms with Crippen LogP contribution in [0.3, 0.4) is 0 Å². The second-order valence-corrected chi connectivity index (χ2v) is 5.33. The molecule has 0 aromatic heterocycles. The van der Waals surface area contributed by atoms with Gasteiger partial charge in [0.05, 0.1) is 5.76 Å². The van der Waals surface area contributed by atoms with Crippen LogP contribution in [-0.2, 0) is 4.74 Å². The summed E-state index contributed by atoms with van der Waals surface area (Å²) >= 11 is 0. The predicted octanol–water partition coefficient (Wildman–Crippen LogP) is 3.90. The second-order valence-electron chi connectivity index (χ2n) is 5.33. The van der Waals surface area contributed by atoms with Crippen LogP contribution in [0.4, 0.5) is 0 Å². The minimum absolute atomic E-state index is 0.0875. The van der Waals surface area contributed by atoms with Crippen molar-refractivity contribution in [2.24, 2.45) is 11.8 Å². The molecular formula is C13H22O. The van der Waals surface area contributed by atoms with Gasteiger partial charge in [-0.1, -0.05) is 13.3 Å². The summed E-state index contributed by atoms with van der Waals surface area (Å²) < 4.78 is 6.05. The summed E-state index contributed by atoms with van der Waals surface area (Å²) in [6.45, 7) is 8.90. The van der Waals surface area contributed by atoms with Gasteiger partial charge in [0.25, 0.3) is 0 Å². The van der Waals surface area contributed by atoms with Gasteiger partial charge in [0.15, 0.2) is 0 Å². The smallest absolute Gasteiger partial charge is 0.106 e. The molecule has 1 unspecified atom stereocenters. The quantitative estimate of drug-likeness (QED) is 0.648. The molecule has 0 N–H and O–H groups in total. The Morgan fingerprint density at radius 2 is 2.07 bits per heavy atom. The average molecular weight is 194 g/mol. The monoisotopic (exact) mass is 194 g/mol. The SMILES string of the molecule is CCCC1=C(C)OC(C)(C)[C@@H]2CCC12. The number of rotatable bonds is 2. The first-order valence-electron chi connectivity index (χ1n) is 5.95. The van der Waals surface area contributed by atoms with Crippen molar-refractivity contribution in [3.05, 3.63) is 11.3 Å². The lowest BCUT2D eigenvalue weighted by Gasteiger charge is -2.52. The molecule has 2 aliphatic rings. The summed E-state index contributed by atoms with van der Waals surface area (Å²) in [5, 5.41) is 0. The zero-order valence-corrected chi connectivity index (χ0v) is 9.89. The van der Waals surface area contributed by atoms with Gasteiger partial charge in [-0.15, -0.1) is 0 Å². The Kier molecular flexibility index (Phi) is 2.36. The molecule has 1 heteroatoms. The van der Waals surface area contributed by atoms with Crippen LogP contribution in [0.5, 0.6) is 0 Å². The normalized spacial score (nSPS) is 34.6. The Balaban J connectivity index is 2.24. The van der Waals surface area contributed by atoms with E-state index in [0.717, 1.165) is 11.8 Å². The number of ether oxygens (including phenoxy) is 1. The van der Waals surface area contributed by atoms with Crippen LogP contribution < -0.4 is 0 Å². The highest BCUT2D eigenvalue weighted by Crippen LogP contribution is 2.52. The van der Waals surface area contributed by atoms with E-state index in [4.69, 9.17) is 4.74 Å². The van der Waals surface area contributed by atoms with Crippen molar-refractivity contribution in [3.8, 4) is 0 Å². The van der Waals surface area contributed by atoms with Crippen LogP contribution in [0.1, 0.15) is 53.4 Å². The molecule has 1 aliphatic heterocycles. The number of hydrogen-bond donors (Lipinski definition) is 0. The van der Waals surface area contributed by atoms with Crippen molar-refractivity contribution in [1.29, 1.82) is 0 Å². The number of fused-ring (bicyclic) bond motifs is 1. The minimum atomic E-state index is 0.0875. The first-order chi connectivity index (χ1) is 6.56. The lowest BCUT2D eigenvalue weighted by atomic mass is 9.61. The standard InChI is InChI=1S/C13H22O/c1-5-6-10-9(2)14-13(3,4)12-8-7-11(10)12/h11-12H,5-8H2,1-4H3/t11?,12-/m1/s1. The lowest BCUT2D eigenvalue weighted by molar-refractivity contribution is -0.0920. The predicted molar refractivity (Wildman–Crippen MR) is 59.0 cm³/mol. The van der Waals surface area contributed by atoms with Crippen LogP contribution in [0.25, 0.3) is 0 Å². The highest BCUT2D eigenvalue weighted by molar-refractivity contribution is 5.21. The molecule has 1 aliphatic carbocycles. The van der Waals surface area contributed by atoms with E-state index in [1.807, 2.05) is 0 Å². The van der Waals surface area contributed by atoms with Gasteiger partial charge in [-0.05, 0) is 51.5 Å². The topological polar surface area (TPSA) is 9.23 Å². The van der Waals surface area contributed by atoms with Gasteiger partial charge in [-0.2, -0.15) is 0 Å². The van der Waals surface area contributed by atoms with Crippen LogP contribution in [0.2, 0.25) is 0 Å². The van der Waals surface area contributed by atoms with Gasteiger partial charge in [0.2, 0.25) is 0 Å². The van der Waals surface area contributed by atoms with E-state index >= 15 is 0 Å². The van der Waals surface area contributed by atoms with Crippen LogP contribution >= 0.6 is 0 Å². The van der Waals surface area contributed by atoms with E-state index in [1.54, 1.807) is 5.57 Å². The van der Waals surface area contributed by atoms with Crippen LogP contribution in [0, 0.1) is 11.8 Å². The second kappa shape index (κ2) is 3.29. The van der Waals surface area contributed by atoms with Crippen molar-refractivity contribution in [2.45, 2.75) is 59.0 Å². The molecule has 80 valence electrons. The molecule has 0 radical (unpaired) electrons. The van der Waals surface area contributed by atoms with Gasteiger partial charge in [0.1, 0.15) is 5.60 Å². The van der Waals surface area contributed by atoms with Crippen LogP contribution in [-0.4, -0.2) is 5.60 Å². The van der Waals surface area contributed by atoms with Crippen molar-refractivity contribution < 1.29 is 4.74 Å². The van der Waals surface area contributed by atoms with Gasteiger partial charge in [0, 0.05) is 5.92 Å². The zero-order chi connectivity index (χ0) is 10.3. The molecule has 2 rings (SSSR count). The molecule has 0 aromatic carbocycles. The van der Waals surface area contributed by atoms with Crippen molar-refractivity contribution in [2.75, 3.05) is 0 Å². The fourth-order valence-electron chi connectivity index (χ4n) is 3.18. The summed E-state index contributed by atoms with van der Waals surface area (Å²) in [6.07, 6.45) is 5.24. The highest BCUT2D eigenvalue weighted by Gasteiger charge is 2.48. The van der Waals surface area contributed by atoms with E-state index in [0.29, 0.717) is 0 Å². The molecule has 0 spiro atoms. The summed E-state index contributed by atoms with van der Waals surface area (Å²) in [7, 11) is 0. The molecular weight excluding hydrogens is 172 g/mol. The van der Waals surface area contributed by atoms with E-state index in [2.05, 4.69) is 27.7 Å². The Morgan fingerprint density at radius 1 is 1.36 bits per heavy atom. The minimum Gasteiger partial charge on any atom is -0.492 e. The first kappa shape index (κ1) is 10.1. The Bertz CT molecular complexity index is 262. The fourth-order valence-corrected chi connectivity index (χ4v) is 3.18. The number of hydrogen-bond acceptors (Lipinski definition) is 1. The highest BCUT2D eigenvalue weighted by atomic mass is 16.5. The van der Waals surface area contributed by atoms with Crippen molar-refractivity contribution in [1.82, 2.24) is 0 Å². The van der Waals surface area contributed by atoms with Crippen molar-refractivity contribution >= 4 is 0 Å². The van der Waals surface area contributed by atoms with Gasteiger partial charge in [-0.25, -0.2) is 0 Å². The maximum absolute atomic E-state index is 6.05. The molecule has 1 heterocycles. The molecule has 0 bridgehead atoms. The summed E-state index contributed by atoms with van der Waals surface area (Å²) in [4.78, 5) is 0. The first-order valence-corrected chi connectivity index (χ1v) is 5.95. The third-order valence-electron chi connectivity index (χ3n) is 4.00. The third-order valence-corrected chi connectivity index (χ3v) is 4.00. The van der Waals surface area contributed by atoms with E-state index in [-0.39, 0.29) is 5.60 Å². The molecule has 0 aromatic rings. The number of allylic oxidation sites excluding steroid dienone is 2. The maximum Gasteiger partial charge on any atom is 0.106 e. The largest absolute Gasteiger partial charge is 0.492 e. The fraction of sp³-hybridized carbons (Fsp3) is 0.846. The molecule has 0 saturated heterocycles. The van der Waals surface area contributed by atoms with E-state index in [9.17, 15) is 0 Å². The van der Waals surface area contributed by atoms with E-state index in [1.165, 1.54) is 31.4 Å². The summed E-state index contributed by atoms with van der Waals surface area (Å²) in [5.74, 6) is 2.85. The van der Waals surface area contributed by atoms with Crippen molar-refractivity contribution in [3.63, 3.8) is 0 Å². The summed E-state index contributed by atoms with van der Waals surface area (Å²) in [5.41, 5.74) is 1.70. The average Bonchev–Trinajstić information content (AvgIpc) is 1.97. The molecule has 14 heavy (non-hydrogen) atoms. The molecule has 1 saturated carbocycles. The maximum atomic E-state index is 6.05. The van der Waals surface area contributed by atoms with Gasteiger partial charge in [-0.3, -0.25) is 0 Å².